The maximum Gasteiger partial charge on any atom is 0.340 e. The van der Waals surface area contributed by atoms with Crippen molar-refractivity contribution in [1.29, 1.82) is 0 Å². The van der Waals surface area contributed by atoms with E-state index in [1.807, 2.05) is 42.1 Å². The Balaban J connectivity index is 1.48. The van der Waals surface area contributed by atoms with E-state index in [1.165, 1.54) is 25.9 Å². The quantitative estimate of drug-likeness (QED) is 0.817. The highest BCUT2D eigenvalue weighted by molar-refractivity contribution is 6.04. The van der Waals surface area contributed by atoms with Crippen molar-refractivity contribution in [2.45, 2.75) is 25.3 Å². The number of aromatic nitrogens is 1. The van der Waals surface area contributed by atoms with Crippen molar-refractivity contribution >= 4 is 16.9 Å². The SMILES string of the molecule is Cn1cc(C(=O)OC[C@@H]2CCN3CCC[C@@H]23)c2ccccc21. The number of carbonyl (C=O) groups is 1. The normalized spacial score (nSPS) is 24.8. The van der Waals surface area contributed by atoms with Gasteiger partial charge in [0, 0.05) is 36.1 Å². The number of aryl methyl sites for hydroxylation is 1. The maximum absolute atomic E-state index is 12.5. The number of rotatable bonds is 3. The fraction of sp³-hybridized carbons (Fsp3) is 0.500. The van der Waals surface area contributed by atoms with Crippen molar-refractivity contribution in [3.8, 4) is 0 Å². The van der Waals surface area contributed by atoms with E-state index >= 15 is 0 Å². The average Bonchev–Trinajstić information content (AvgIpc) is 3.21. The minimum absolute atomic E-state index is 0.187. The van der Waals surface area contributed by atoms with Gasteiger partial charge in [0.2, 0.25) is 0 Å². The zero-order chi connectivity index (χ0) is 15.1. The van der Waals surface area contributed by atoms with E-state index in [9.17, 15) is 4.79 Å². The summed E-state index contributed by atoms with van der Waals surface area (Å²) in [6, 6.07) is 8.61. The van der Waals surface area contributed by atoms with Crippen LogP contribution >= 0.6 is 0 Å². The van der Waals surface area contributed by atoms with Crippen LogP contribution < -0.4 is 0 Å². The highest BCUT2D eigenvalue weighted by Crippen LogP contribution is 2.33. The summed E-state index contributed by atoms with van der Waals surface area (Å²) in [7, 11) is 1.96. The third kappa shape index (κ3) is 2.22. The number of ether oxygens (including phenoxy) is 1. The fourth-order valence-electron chi connectivity index (χ4n) is 4.15. The molecule has 0 unspecified atom stereocenters. The Kier molecular flexibility index (Phi) is 3.41. The van der Waals surface area contributed by atoms with Gasteiger partial charge in [-0.05, 0) is 38.4 Å². The van der Waals surface area contributed by atoms with Crippen LogP contribution in [0.2, 0.25) is 0 Å². The molecule has 2 aliphatic heterocycles. The van der Waals surface area contributed by atoms with Gasteiger partial charge < -0.3 is 9.30 Å². The third-order valence-electron chi connectivity index (χ3n) is 5.29. The third-order valence-corrected chi connectivity index (χ3v) is 5.29. The Morgan fingerprint density at radius 2 is 2.14 bits per heavy atom. The van der Waals surface area contributed by atoms with E-state index in [-0.39, 0.29) is 5.97 Å². The molecule has 0 N–H and O–H groups in total. The van der Waals surface area contributed by atoms with E-state index in [1.54, 1.807) is 0 Å². The molecule has 2 aliphatic rings. The molecule has 0 radical (unpaired) electrons. The second kappa shape index (κ2) is 5.43. The molecule has 2 saturated heterocycles. The van der Waals surface area contributed by atoms with Crippen LogP contribution in [-0.2, 0) is 11.8 Å². The van der Waals surface area contributed by atoms with Gasteiger partial charge in [-0.3, -0.25) is 4.90 Å². The zero-order valence-corrected chi connectivity index (χ0v) is 13.0. The number of para-hydroxylation sites is 1. The monoisotopic (exact) mass is 298 g/mol. The first-order chi connectivity index (χ1) is 10.7. The van der Waals surface area contributed by atoms with Crippen LogP contribution in [0.25, 0.3) is 10.9 Å². The van der Waals surface area contributed by atoms with Crippen molar-refractivity contribution in [2.75, 3.05) is 19.7 Å². The number of hydrogen-bond donors (Lipinski definition) is 0. The molecular formula is C18H22N2O2. The van der Waals surface area contributed by atoms with Gasteiger partial charge in [0.15, 0.2) is 0 Å². The lowest BCUT2D eigenvalue weighted by Gasteiger charge is -2.19. The van der Waals surface area contributed by atoms with E-state index in [4.69, 9.17) is 4.74 Å². The molecule has 2 aromatic rings. The van der Waals surface area contributed by atoms with Gasteiger partial charge in [-0.2, -0.15) is 0 Å². The molecule has 2 atom stereocenters. The molecule has 4 heteroatoms. The van der Waals surface area contributed by atoms with E-state index < -0.39 is 0 Å². The summed E-state index contributed by atoms with van der Waals surface area (Å²) in [6.45, 7) is 2.95. The summed E-state index contributed by atoms with van der Waals surface area (Å²) in [4.78, 5) is 15.0. The van der Waals surface area contributed by atoms with E-state index in [0.29, 0.717) is 24.1 Å². The first kappa shape index (κ1) is 13.8. The van der Waals surface area contributed by atoms with Gasteiger partial charge in [0.25, 0.3) is 0 Å². The minimum atomic E-state index is -0.187. The second-order valence-corrected chi connectivity index (χ2v) is 6.56. The predicted octanol–water partition coefficient (Wildman–Crippen LogP) is 2.82. The summed E-state index contributed by atoms with van der Waals surface area (Å²) in [5.74, 6) is 0.328. The molecular weight excluding hydrogens is 276 g/mol. The van der Waals surface area contributed by atoms with Crippen LogP contribution in [0.15, 0.2) is 30.5 Å². The van der Waals surface area contributed by atoms with Crippen molar-refractivity contribution in [2.24, 2.45) is 13.0 Å². The molecule has 0 aliphatic carbocycles. The number of hydrogen-bond acceptors (Lipinski definition) is 3. The summed E-state index contributed by atoms with van der Waals surface area (Å²) < 4.78 is 7.65. The molecule has 3 heterocycles. The van der Waals surface area contributed by atoms with Crippen molar-refractivity contribution in [1.82, 2.24) is 9.47 Å². The lowest BCUT2D eigenvalue weighted by molar-refractivity contribution is 0.0421. The summed E-state index contributed by atoms with van der Waals surface area (Å²) in [6.07, 6.45) is 5.59. The van der Waals surface area contributed by atoms with Crippen LogP contribution in [0.4, 0.5) is 0 Å². The summed E-state index contributed by atoms with van der Waals surface area (Å²) in [5, 5.41) is 0.976. The lowest BCUT2D eigenvalue weighted by atomic mass is 9.99. The largest absolute Gasteiger partial charge is 0.462 e. The molecule has 0 bridgehead atoms. The second-order valence-electron chi connectivity index (χ2n) is 6.56. The lowest BCUT2D eigenvalue weighted by Crippen LogP contribution is -2.28. The molecule has 0 amide bonds. The zero-order valence-electron chi connectivity index (χ0n) is 13.0. The van der Waals surface area contributed by atoms with Crippen LogP contribution in [-0.4, -0.2) is 41.2 Å². The molecule has 1 aromatic carbocycles. The Morgan fingerprint density at radius 3 is 3.05 bits per heavy atom. The van der Waals surface area contributed by atoms with Gasteiger partial charge >= 0.3 is 5.97 Å². The smallest absolute Gasteiger partial charge is 0.340 e. The fourth-order valence-corrected chi connectivity index (χ4v) is 4.15. The average molecular weight is 298 g/mol. The molecule has 116 valence electrons. The van der Waals surface area contributed by atoms with E-state index in [2.05, 4.69) is 4.90 Å². The first-order valence-electron chi connectivity index (χ1n) is 8.19. The Bertz CT molecular complexity index is 706. The van der Waals surface area contributed by atoms with Gasteiger partial charge in [-0.15, -0.1) is 0 Å². The van der Waals surface area contributed by atoms with Crippen LogP contribution in [0, 0.1) is 5.92 Å². The minimum Gasteiger partial charge on any atom is -0.462 e. The molecule has 1 aromatic heterocycles. The number of benzene rings is 1. The number of nitrogens with zero attached hydrogens (tertiary/aromatic N) is 2. The van der Waals surface area contributed by atoms with E-state index in [0.717, 1.165) is 17.3 Å². The molecule has 2 fully saturated rings. The van der Waals surface area contributed by atoms with Gasteiger partial charge in [-0.25, -0.2) is 4.79 Å². The van der Waals surface area contributed by atoms with Gasteiger partial charge in [0.05, 0.1) is 12.2 Å². The summed E-state index contributed by atoms with van der Waals surface area (Å²) >= 11 is 0. The van der Waals surface area contributed by atoms with Crippen molar-refractivity contribution in [3.63, 3.8) is 0 Å². The number of esters is 1. The summed E-state index contributed by atoms with van der Waals surface area (Å²) in [5.41, 5.74) is 1.75. The first-order valence-corrected chi connectivity index (χ1v) is 8.19. The Morgan fingerprint density at radius 1 is 1.27 bits per heavy atom. The Labute approximate surface area is 130 Å². The molecule has 4 rings (SSSR count). The molecule has 22 heavy (non-hydrogen) atoms. The van der Waals surface area contributed by atoms with Crippen LogP contribution in [0.5, 0.6) is 0 Å². The van der Waals surface area contributed by atoms with Crippen molar-refractivity contribution in [3.05, 3.63) is 36.0 Å². The van der Waals surface area contributed by atoms with Gasteiger partial charge in [0.1, 0.15) is 0 Å². The highest BCUT2D eigenvalue weighted by atomic mass is 16.5. The van der Waals surface area contributed by atoms with Crippen LogP contribution in [0.3, 0.4) is 0 Å². The standard InChI is InChI=1S/C18H22N2O2/c1-19-11-15(14-5-2-3-6-17(14)19)18(21)22-12-13-8-10-20-9-4-7-16(13)20/h2-3,5-6,11,13,16H,4,7-10,12H2,1H3/t13-,16-/m0/s1. The van der Waals surface area contributed by atoms with Crippen LogP contribution in [0.1, 0.15) is 29.6 Å². The van der Waals surface area contributed by atoms with Crippen molar-refractivity contribution < 1.29 is 9.53 Å². The predicted molar refractivity (Wildman–Crippen MR) is 85.9 cm³/mol. The molecule has 4 nitrogen and oxygen atoms in total. The highest BCUT2D eigenvalue weighted by Gasteiger charge is 2.37. The number of carbonyl (C=O) groups excluding carboxylic acids is 1. The van der Waals surface area contributed by atoms with Gasteiger partial charge in [-0.1, -0.05) is 18.2 Å². The maximum atomic E-state index is 12.5. The number of fused-ring (bicyclic) bond motifs is 2. The Hall–Kier alpha value is -1.81. The topological polar surface area (TPSA) is 34.5 Å². The molecule has 0 spiro atoms. The molecule has 0 saturated carbocycles.